The Morgan fingerprint density at radius 3 is 2.54 bits per heavy atom. The number of halogens is 1. The predicted octanol–water partition coefficient (Wildman–Crippen LogP) is 2.94. The average Bonchev–Trinajstić information content (AvgIpc) is 2.08. The highest BCUT2D eigenvalue weighted by Crippen LogP contribution is 2.20. The molecule has 0 fully saturated rings. The third-order valence-corrected chi connectivity index (χ3v) is 2.61. The minimum atomic E-state index is 0.302. The summed E-state index contributed by atoms with van der Waals surface area (Å²) >= 11 is 2.25. The summed E-state index contributed by atoms with van der Waals surface area (Å²) in [6.45, 7) is 4.07. The van der Waals surface area contributed by atoms with E-state index in [1.165, 1.54) is 0 Å². The van der Waals surface area contributed by atoms with Crippen molar-refractivity contribution in [2.24, 2.45) is 16.6 Å². The molecule has 13 heavy (non-hydrogen) atoms. The molecule has 1 rings (SSSR count). The first kappa shape index (κ1) is 10.5. The highest BCUT2D eigenvalue weighted by Gasteiger charge is 2.01. The standard InChI is InChI=1S/C10H13IN2/c1-7(2)10(12)13-9-6-4-3-5-8(9)11/h3-7H,1-2H3,(H2,12,13). The summed E-state index contributed by atoms with van der Waals surface area (Å²) in [6, 6.07) is 7.95. The number of hydrogen-bond donors (Lipinski definition) is 1. The first-order valence-corrected chi connectivity index (χ1v) is 5.27. The van der Waals surface area contributed by atoms with Crippen LogP contribution >= 0.6 is 22.6 Å². The maximum absolute atomic E-state index is 5.76. The van der Waals surface area contributed by atoms with Crippen LogP contribution in [0.5, 0.6) is 0 Å². The number of nitrogens with two attached hydrogens (primary N) is 1. The summed E-state index contributed by atoms with van der Waals surface area (Å²) in [5.41, 5.74) is 6.72. The molecule has 0 heterocycles. The average molecular weight is 288 g/mol. The van der Waals surface area contributed by atoms with Gasteiger partial charge in [-0.05, 0) is 34.7 Å². The van der Waals surface area contributed by atoms with Gasteiger partial charge in [0.15, 0.2) is 0 Å². The van der Waals surface area contributed by atoms with Gasteiger partial charge in [-0.25, -0.2) is 4.99 Å². The zero-order valence-corrected chi connectivity index (χ0v) is 9.95. The van der Waals surface area contributed by atoms with Crippen LogP contribution in [0.15, 0.2) is 29.3 Å². The normalized spacial score (nSPS) is 12.2. The number of benzene rings is 1. The lowest BCUT2D eigenvalue weighted by molar-refractivity contribution is 0.873. The van der Waals surface area contributed by atoms with E-state index in [-0.39, 0.29) is 0 Å². The molecule has 0 spiro atoms. The molecule has 0 aliphatic heterocycles. The molecule has 0 aliphatic carbocycles. The van der Waals surface area contributed by atoms with Gasteiger partial charge < -0.3 is 5.73 Å². The maximum Gasteiger partial charge on any atom is 0.102 e. The predicted molar refractivity (Wildman–Crippen MR) is 65.3 cm³/mol. The van der Waals surface area contributed by atoms with Crippen molar-refractivity contribution in [3.8, 4) is 0 Å². The van der Waals surface area contributed by atoms with Crippen molar-refractivity contribution in [1.82, 2.24) is 0 Å². The smallest absolute Gasteiger partial charge is 0.102 e. The highest BCUT2D eigenvalue weighted by atomic mass is 127. The molecule has 0 aromatic heterocycles. The lowest BCUT2D eigenvalue weighted by Crippen LogP contribution is -2.18. The lowest BCUT2D eigenvalue weighted by atomic mass is 10.2. The third kappa shape index (κ3) is 2.99. The van der Waals surface area contributed by atoms with Gasteiger partial charge in [-0.1, -0.05) is 26.0 Å². The fourth-order valence-corrected chi connectivity index (χ4v) is 1.32. The van der Waals surface area contributed by atoms with Crippen molar-refractivity contribution >= 4 is 34.1 Å². The fraction of sp³-hybridized carbons (Fsp3) is 0.300. The Kier molecular flexibility index (Phi) is 3.71. The summed E-state index contributed by atoms with van der Waals surface area (Å²) in [5, 5.41) is 0. The Morgan fingerprint density at radius 2 is 2.00 bits per heavy atom. The Labute approximate surface area is 92.4 Å². The molecular weight excluding hydrogens is 275 g/mol. The fourth-order valence-electron chi connectivity index (χ4n) is 0.811. The van der Waals surface area contributed by atoms with E-state index >= 15 is 0 Å². The second-order valence-corrected chi connectivity index (χ2v) is 4.30. The molecular formula is C10H13IN2. The van der Waals surface area contributed by atoms with Gasteiger partial charge in [-0.2, -0.15) is 0 Å². The van der Waals surface area contributed by atoms with Gasteiger partial charge in [0.1, 0.15) is 5.84 Å². The van der Waals surface area contributed by atoms with Gasteiger partial charge in [0.05, 0.1) is 5.69 Å². The van der Waals surface area contributed by atoms with Crippen LogP contribution in [0.4, 0.5) is 5.69 Å². The first-order chi connectivity index (χ1) is 6.11. The van der Waals surface area contributed by atoms with Crippen molar-refractivity contribution in [2.75, 3.05) is 0 Å². The molecule has 1 aromatic carbocycles. The minimum Gasteiger partial charge on any atom is -0.387 e. The number of hydrogen-bond acceptors (Lipinski definition) is 1. The zero-order valence-electron chi connectivity index (χ0n) is 7.79. The second-order valence-electron chi connectivity index (χ2n) is 3.14. The van der Waals surface area contributed by atoms with Crippen LogP contribution in [0, 0.1) is 9.49 Å². The van der Waals surface area contributed by atoms with Crippen molar-refractivity contribution in [1.29, 1.82) is 0 Å². The van der Waals surface area contributed by atoms with Crippen LogP contribution in [0.25, 0.3) is 0 Å². The van der Waals surface area contributed by atoms with Crippen LogP contribution in [0.3, 0.4) is 0 Å². The second kappa shape index (κ2) is 4.60. The van der Waals surface area contributed by atoms with Crippen molar-refractivity contribution in [3.05, 3.63) is 27.8 Å². The molecule has 2 N–H and O–H groups in total. The van der Waals surface area contributed by atoms with E-state index in [1.54, 1.807) is 0 Å². The molecule has 0 aliphatic rings. The number of amidine groups is 1. The van der Waals surface area contributed by atoms with Gasteiger partial charge in [0.25, 0.3) is 0 Å². The molecule has 0 amide bonds. The van der Waals surface area contributed by atoms with Crippen LogP contribution in [-0.2, 0) is 0 Å². The maximum atomic E-state index is 5.76. The zero-order chi connectivity index (χ0) is 9.84. The van der Waals surface area contributed by atoms with E-state index in [0.717, 1.165) is 9.26 Å². The third-order valence-electron chi connectivity index (χ3n) is 1.69. The molecule has 2 nitrogen and oxygen atoms in total. The molecule has 1 aromatic rings. The van der Waals surface area contributed by atoms with Crippen LogP contribution in [0.2, 0.25) is 0 Å². The number of aliphatic imine (C=N–C) groups is 1. The molecule has 0 unspecified atom stereocenters. The molecule has 70 valence electrons. The lowest BCUT2D eigenvalue weighted by Gasteiger charge is -2.04. The summed E-state index contributed by atoms with van der Waals surface area (Å²) < 4.78 is 1.13. The van der Waals surface area contributed by atoms with Crippen LogP contribution in [0.1, 0.15) is 13.8 Å². The Morgan fingerprint density at radius 1 is 1.38 bits per heavy atom. The van der Waals surface area contributed by atoms with Gasteiger partial charge in [-0.3, -0.25) is 0 Å². The van der Waals surface area contributed by atoms with E-state index in [2.05, 4.69) is 27.6 Å². The van der Waals surface area contributed by atoms with Crippen LogP contribution in [-0.4, -0.2) is 5.84 Å². The number of para-hydroxylation sites is 1. The van der Waals surface area contributed by atoms with E-state index in [1.807, 2.05) is 38.1 Å². The largest absolute Gasteiger partial charge is 0.387 e. The topological polar surface area (TPSA) is 38.4 Å². The van der Waals surface area contributed by atoms with E-state index < -0.39 is 0 Å². The van der Waals surface area contributed by atoms with E-state index in [9.17, 15) is 0 Å². The molecule has 3 heteroatoms. The summed E-state index contributed by atoms with van der Waals surface area (Å²) in [6.07, 6.45) is 0. The van der Waals surface area contributed by atoms with Gasteiger partial charge in [-0.15, -0.1) is 0 Å². The van der Waals surface area contributed by atoms with Gasteiger partial charge in [0.2, 0.25) is 0 Å². The van der Waals surface area contributed by atoms with E-state index in [4.69, 9.17) is 5.73 Å². The SMILES string of the molecule is CC(C)C(N)=Nc1ccccc1I. The monoisotopic (exact) mass is 288 g/mol. The van der Waals surface area contributed by atoms with Gasteiger partial charge >= 0.3 is 0 Å². The van der Waals surface area contributed by atoms with E-state index in [0.29, 0.717) is 11.8 Å². The summed E-state index contributed by atoms with van der Waals surface area (Å²) in [7, 11) is 0. The first-order valence-electron chi connectivity index (χ1n) is 4.20. The molecule has 0 bridgehead atoms. The number of rotatable bonds is 2. The molecule has 0 radical (unpaired) electrons. The molecule has 0 saturated heterocycles. The van der Waals surface area contributed by atoms with Crippen molar-refractivity contribution in [2.45, 2.75) is 13.8 Å². The highest BCUT2D eigenvalue weighted by molar-refractivity contribution is 14.1. The van der Waals surface area contributed by atoms with Crippen LogP contribution < -0.4 is 5.73 Å². The Bertz CT molecular complexity index is 318. The Hall–Kier alpha value is -0.580. The van der Waals surface area contributed by atoms with Gasteiger partial charge in [0, 0.05) is 9.49 Å². The summed E-state index contributed by atoms with van der Waals surface area (Å²) in [5.74, 6) is 0.986. The van der Waals surface area contributed by atoms with Crippen molar-refractivity contribution < 1.29 is 0 Å². The molecule has 0 atom stereocenters. The quantitative estimate of drug-likeness (QED) is 0.507. The Balaban J connectivity index is 2.97. The van der Waals surface area contributed by atoms with Crippen molar-refractivity contribution in [3.63, 3.8) is 0 Å². The molecule has 0 saturated carbocycles. The number of nitrogens with zero attached hydrogens (tertiary/aromatic N) is 1. The minimum absolute atomic E-state index is 0.302. The summed E-state index contributed by atoms with van der Waals surface area (Å²) in [4.78, 5) is 4.34.